The minimum atomic E-state index is -0.251. The molecular weight excluding hydrogens is 318 g/mol. The van der Waals surface area contributed by atoms with Gasteiger partial charge < -0.3 is 11.1 Å². The molecule has 4 nitrogen and oxygen atoms in total. The Labute approximate surface area is 125 Å². The van der Waals surface area contributed by atoms with Crippen LogP contribution >= 0.6 is 15.9 Å². The zero-order chi connectivity index (χ0) is 14.7. The number of amides is 1. The lowest BCUT2D eigenvalue weighted by Gasteiger charge is -2.10. The van der Waals surface area contributed by atoms with Gasteiger partial charge in [-0.2, -0.15) is 5.26 Å². The highest BCUT2D eigenvalue weighted by atomic mass is 79.9. The molecule has 20 heavy (non-hydrogen) atoms. The van der Waals surface area contributed by atoms with Crippen LogP contribution in [0, 0.1) is 18.3 Å². The first-order chi connectivity index (χ1) is 9.51. The van der Waals surface area contributed by atoms with Crippen LogP contribution in [0.2, 0.25) is 0 Å². The molecule has 0 radical (unpaired) electrons. The lowest BCUT2D eigenvalue weighted by Crippen LogP contribution is -2.12. The Morgan fingerprint density at radius 1 is 1.30 bits per heavy atom. The molecule has 100 valence electrons. The standard InChI is InChI=1S/C15H12BrN3O/c1-9-6-12(16)14(7-13(9)18)19-15(20)11-4-2-10(8-17)3-5-11/h2-7H,18H2,1H3,(H,19,20). The topological polar surface area (TPSA) is 78.9 Å². The molecule has 0 fully saturated rings. The van der Waals surface area contributed by atoms with Gasteiger partial charge in [-0.1, -0.05) is 0 Å². The molecule has 2 aromatic carbocycles. The van der Waals surface area contributed by atoms with Crippen LogP contribution in [-0.4, -0.2) is 5.91 Å². The van der Waals surface area contributed by atoms with Gasteiger partial charge >= 0.3 is 0 Å². The second-order valence-electron chi connectivity index (χ2n) is 4.33. The van der Waals surface area contributed by atoms with Crippen molar-refractivity contribution >= 4 is 33.2 Å². The average Bonchev–Trinajstić information content (AvgIpc) is 2.44. The number of carbonyl (C=O) groups excluding carboxylic acids is 1. The number of hydrogen-bond acceptors (Lipinski definition) is 3. The van der Waals surface area contributed by atoms with E-state index in [0.717, 1.165) is 10.0 Å². The number of hydrogen-bond donors (Lipinski definition) is 2. The van der Waals surface area contributed by atoms with Crippen molar-refractivity contribution in [3.05, 3.63) is 57.6 Å². The molecule has 5 heteroatoms. The second kappa shape index (κ2) is 5.76. The number of nitrogens with two attached hydrogens (primary N) is 1. The minimum Gasteiger partial charge on any atom is -0.398 e. The normalized spacial score (nSPS) is 9.85. The third kappa shape index (κ3) is 2.98. The van der Waals surface area contributed by atoms with Crippen molar-refractivity contribution in [2.75, 3.05) is 11.1 Å². The number of nitriles is 1. The van der Waals surface area contributed by atoms with E-state index >= 15 is 0 Å². The van der Waals surface area contributed by atoms with Crippen LogP contribution in [0.1, 0.15) is 21.5 Å². The molecule has 2 rings (SSSR count). The van der Waals surface area contributed by atoms with Crippen LogP contribution in [0.5, 0.6) is 0 Å². The fraction of sp³-hybridized carbons (Fsp3) is 0.0667. The molecule has 0 unspecified atom stereocenters. The van der Waals surface area contributed by atoms with Gasteiger partial charge in [0.1, 0.15) is 0 Å². The number of benzene rings is 2. The lowest BCUT2D eigenvalue weighted by atomic mass is 10.1. The molecule has 0 heterocycles. The lowest BCUT2D eigenvalue weighted by molar-refractivity contribution is 0.102. The van der Waals surface area contributed by atoms with Gasteiger partial charge in [0.2, 0.25) is 0 Å². The SMILES string of the molecule is Cc1cc(Br)c(NC(=O)c2ccc(C#N)cc2)cc1N. The smallest absolute Gasteiger partial charge is 0.255 e. The van der Waals surface area contributed by atoms with Crippen LogP contribution in [-0.2, 0) is 0 Å². The van der Waals surface area contributed by atoms with Gasteiger partial charge in [0.05, 0.1) is 17.3 Å². The summed E-state index contributed by atoms with van der Waals surface area (Å²) in [6.45, 7) is 1.90. The first kappa shape index (κ1) is 14.1. The molecule has 0 aliphatic rings. The fourth-order valence-corrected chi connectivity index (χ4v) is 2.23. The predicted molar refractivity (Wildman–Crippen MR) is 82.4 cm³/mol. The van der Waals surface area contributed by atoms with Gasteiger partial charge in [0.25, 0.3) is 5.91 Å². The molecule has 3 N–H and O–H groups in total. The molecule has 0 saturated heterocycles. The van der Waals surface area contributed by atoms with Crippen LogP contribution in [0.15, 0.2) is 40.9 Å². The van der Waals surface area contributed by atoms with Crippen molar-refractivity contribution in [3.8, 4) is 6.07 Å². The molecule has 1 amide bonds. The Morgan fingerprint density at radius 3 is 2.55 bits per heavy atom. The summed E-state index contributed by atoms with van der Waals surface area (Å²) < 4.78 is 0.770. The molecule has 0 aliphatic carbocycles. The number of rotatable bonds is 2. The number of nitrogens with one attached hydrogen (secondary N) is 1. The Hall–Kier alpha value is -2.32. The predicted octanol–water partition coefficient (Wildman–Crippen LogP) is 3.46. The Bertz CT molecular complexity index is 702. The van der Waals surface area contributed by atoms with E-state index in [-0.39, 0.29) is 5.91 Å². The van der Waals surface area contributed by atoms with Gasteiger partial charge in [-0.25, -0.2) is 0 Å². The van der Waals surface area contributed by atoms with E-state index in [1.54, 1.807) is 30.3 Å². The van der Waals surface area contributed by atoms with E-state index in [1.165, 1.54) is 0 Å². The Morgan fingerprint density at radius 2 is 1.95 bits per heavy atom. The van der Waals surface area contributed by atoms with Crippen molar-refractivity contribution in [1.29, 1.82) is 5.26 Å². The molecule has 0 bridgehead atoms. The second-order valence-corrected chi connectivity index (χ2v) is 5.19. The maximum Gasteiger partial charge on any atom is 0.255 e. The van der Waals surface area contributed by atoms with Gasteiger partial charge in [-0.15, -0.1) is 0 Å². The third-order valence-electron chi connectivity index (χ3n) is 2.88. The summed E-state index contributed by atoms with van der Waals surface area (Å²) in [5.74, 6) is -0.251. The maximum atomic E-state index is 12.1. The molecule has 0 aliphatic heterocycles. The summed E-state index contributed by atoms with van der Waals surface area (Å²) in [7, 11) is 0. The van der Waals surface area contributed by atoms with Crippen molar-refractivity contribution < 1.29 is 4.79 Å². The highest BCUT2D eigenvalue weighted by Gasteiger charge is 2.09. The van der Waals surface area contributed by atoms with Crippen molar-refractivity contribution in [2.24, 2.45) is 0 Å². The third-order valence-corrected chi connectivity index (χ3v) is 3.54. The summed E-state index contributed by atoms with van der Waals surface area (Å²) in [5.41, 5.74) is 9.00. The average molecular weight is 330 g/mol. The van der Waals surface area contributed by atoms with Crippen LogP contribution < -0.4 is 11.1 Å². The number of nitrogen functional groups attached to an aromatic ring is 1. The summed E-state index contributed by atoms with van der Waals surface area (Å²) in [4.78, 5) is 12.1. The maximum absolute atomic E-state index is 12.1. The van der Waals surface area contributed by atoms with E-state index in [9.17, 15) is 4.79 Å². The summed E-state index contributed by atoms with van der Waals surface area (Å²) >= 11 is 3.39. The van der Waals surface area contributed by atoms with E-state index in [4.69, 9.17) is 11.0 Å². The number of carbonyl (C=O) groups is 1. The minimum absolute atomic E-state index is 0.251. The van der Waals surface area contributed by atoms with Crippen molar-refractivity contribution in [2.45, 2.75) is 6.92 Å². The highest BCUT2D eigenvalue weighted by Crippen LogP contribution is 2.28. The quantitative estimate of drug-likeness (QED) is 0.828. The molecule has 2 aromatic rings. The van der Waals surface area contributed by atoms with Gasteiger partial charge in [-0.3, -0.25) is 4.79 Å². The molecule has 0 aromatic heterocycles. The van der Waals surface area contributed by atoms with Crippen LogP contribution in [0.25, 0.3) is 0 Å². The van der Waals surface area contributed by atoms with Gasteiger partial charge in [0.15, 0.2) is 0 Å². The van der Waals surface area contributed by atoms with Gasteiger partial charge in [0, 0.05) is 15.7 Å². The molecule has 0 atom stereocenters. The van der Waals surface area contributed by atoms with E-state index in [0.29, 0.717) is 22.5 Å². The zero-order valence-electron chi connectivity index (χ0n) is 10.8. The van der Waals surface area contributed by atoms with Crippen molar-refractivity contribution in [3.63, 3.8) is 0 Å². The van der Waals surface area contributed by atoms with Crippen molar-refractivity contribution in [1.82, 2.24) is 0 Å². The largest absolute Gasteiger partial charge is 0.398 e. The fourth-order valence-electron chi connectivity index (χ4n) is 1.68. The van der Waals surface area contributed by atoms with E-state index in [2.05, 4.69) is 21.2 Å². The zero-order valence-corrected chi connectivity index (χ0v) is 12.4. The first-order valence-electron chi connectivity index (χ1n) is 5.88. The number of halogens is 1. The summed E-state index contributed by atoms with van der Waals surface area (Å²) in [6.07, 6.45) is 0. The molecule has 0 saturated carbocycles. The summed E-state index contributed by atoms with van der Waals surface area (Å²) in [6, 6.07) is 12.0. The number of aryl methyl sites for hydroxylation is 1. The monoisotopic (exact) mass is 329 g/mol. The Balaban J connectivity index is 2.23. The Kier molecular flexibility index (Phi) is 4.06. The highest BCUT2D eigenvalue weighted by molar-refractivity contribution is 9.10. The van der Waals surface area contributed by atoms with Gasteiger partial charge in [-0.05, 0) is 64.8 Å². The molecule has 0 spiro atoms. The van der Waals surface area contributed by atoms with Crippen LogP contribution in [0.3, 0.4) is 0 Å². The van der Waals surface area contributed by atoms with Crippen LogP contribution in [0.4, 0.5) is 11.4 Å². The number of nitrogens with zero attached hydrogens (tertiary/aromatic N) is 1. The van der Waals surface area contributed by atoms with E-state index in [1.807, 2.05) is 19.1 Å². The first-order valence-corrected chi connectivity index (χ1v) is 6.67. The number of anilines is 2. The van der Waals surface area contributed by atoms with E-state index < -0.39 is 0 Å². The molecular formula is C15H12BrN3O. The summed E-state index contributed by atoms with van der Waals surface area (Å²) in [5, 5.41) is 11.5.